The minimum absolute atomic E-state index is 0.281. The van der Waals surface area contributed by atoms with E-state index >= 15 is 0 Å². The highest BCUT2D eigenvalue weighted by atomic mass is 16.4. The quantitative estimate of drug-likeness (QED) is 0.695. The molecule has 5 heteroatoms. The minimum Gasteiger partial charge on any atom is -0.550 e. The van der Waals surface area contributed by atoms with Crippen LogP contribution >= 0.6 is 0 Å². The molecule has 0 amide bonds. The summed E-state index contributed by atoms with van der Waals surface area (Å²) in [5.41, 5.74) is 1.61. The van der Waals surface area contributed by atoms with Gasteiger partial charge in [0, 0.05) is 11.9 Å². The van der Waals surface area contributed by atoms with Gasteiger partial charge in [0.25, 0.3) is 0 Å². The van der Waals surface area contributed by atoms with Gasteiger partial charge in [0.05, 0.1) is 12.1 Å². The van der Waals surface area contributed by atoms with Crippen molar-refractivity contribution in [2.75, 3.05) is 0 Å². The van der Waals surface area contributed by atoms with Crippen LogP contribution in [0.4, 0.5) is 0 Å². The molecule has 2 rings (SSSR count). The third-order valence-corrected chi connectivity index (χ3v) is 2.27. The van der Waals surface area contributed by atoms with Crippen LogP contribution in [-0.4, -0.2) is 21.0 Å². The molecule has 1 aromatic carbocycles. The summed E-state index contributed by atoms with van der Waals surface area (Å²) < 4.78 is 1.58. The zero-order valence-electron chi connectivity index (χ0n) is 8.25. The van der Waals surface area contributed by atoms with Crippen LogP contribution < -0.4 is 5.11 Å². The Bertz CT molecular complexity index is 492. The number of benzene rings is 1. The number of carbonyl (C=O) groups excluding carboxylic acids is 1. The third-order valence-electron chi connectivity index (χ3n) is 2.27. The zero-order chi connectivity index (χ0) is 10.8. The number of carbonyl (C=O) groups is 1. The second-order valence-electron chi connectivity index (χ2n) is 3.48. The first-order valence-corrected chi connectivity index (χ1v) is 4.67. The molecule has 78 valence electrons. The number of aliphatic carboxylic acids is 1. The van der Waals surface area contributed by atoms with E-state index in [1.807, 2.05) is 24.3 Å². The molecule has 15 heavy (non-hydrogen) atoms. The number of fused-ring (bicyclic) bond motifs is 1. The number of aromatic nitrogens is 3. The van der Waals surface area contributed by atoms with Crippen molar-refractivity contribution in [3.63, 3.8) is 0 Å². The number of para-hydroxylation sites is 1. The largest absolute Gasteiger partial charge is 0.550 e. The van der Waals surface area contributed by atoms with Crippen LogP contribution in [-0.2, 0) is 11.3 Å². The third kappa shape index (κ3) is 1.81. The van der Waals surface area contributed by atoms with Crippen molar-refractivity contribution < 1.29 is 9.90 Å². The van der Waals surface area contributed by atoms with E-state index in [-0.39, 0.29) is 6.54 Å². The number of hydrogen-bond donors (Lipinski definition) is 0. The predicted molar refractivity (Wildman–Crippen MR) is 51.7 cm³/mol. The fourth-order valence-corrected chi connectivity index (χ4v) is 1.39. The van der Waals surface area contributed by atoms with Crippen LogP contribution in [0, 0.1) is 5.92 Å². The SMILES string of the molecule is CC(Cn1nnc2ccccc21)C(=O)[O-]. The van der Waals surface area contributed by atoms with E-state index in [4.69, 9.17) is 0 Å². The maximum atomic E-state index is 10.6. The van der Waals surface area contributed by atoms with Gasteiger partial charge in [0.2, 0.25) is 0 Å². The van der Waals surface area contributed by atoms with Crippen LogP contribution in [0.5, 0.6) is 0 Å². The lowest BCUT2D eigenvalue weighted by Gasteiger charge is -2.11. The van der Waals surface area contributed by atoms with Crippen LogP contribution in [0.15, 0.2) is 24.3 Å². The number of carboxylic acids is 1. The predicted octanol–water partition coefficient (Wildman–Crippen LogP) is -0.183. The monoisotopic (exact) mass is 204 g/mol. The van der Waals surface area contributed by atoms with Crippen molar-refractivity contribution in [1.82, 2.24) is 15.0 Å². The summed E-state index contributed by atoms with van der Waals surface area (Å²) in [6, 6.07) is 7.43. The van der Waals surface area contributed by atoms with Crippen LogP contribution in [0.2, 0.25) is 0 Å². The summed E-state index contributed by atoms with van der Waals surface area (Å²) in [4.78, 5) is 10.6. The Balaban J connectivity index is 2.32. The van der Waals surface area contributed by atoms with Gasteiger partial charge in [-0.15, -0.1) is 5.10 Å². The molecule has 0 bridgehead atoms. The first kappa shape index (κ1) is 9.64. The fraction of sp³-hybridized carbons (Fsp3) is 0.300. The molecule has 0 aliphatic heterocycles. The normalized spacial score (nSPS) is 12.9. The van der Waals surface area contributed by atoms with Crippen LogP contribution in [0.1, 0.15) is 6.92 Å². The van der Waals surface area contributed by atoms with Gasteiger partial charge in [-0.2, -0.15) is 0 Å². The van der Waals surface area contributed by atoms with Crippen LogP contribution in [0.25, 0.3) is 11.0 Å². The van der Waals surface area contributed by atoms with E-state index in [1.165, 1.54) is 0 Å². The molecule has 0 aliphatic carbocycles. The maximum absolute atomic E-state index is 10.6. The summed E-state index contributed by atoms with van der Waals surface area (Å²) in [5, 5.41) is 18.4. The Morgan fingerprint density at radius 2 is 2.27 bits per heavy atom. The van der Waals surface area contributed by atoms with Gasteiger partial charge >= 0.3 is 0 Å². The first-order valence-electron chi connectivity index (χ1n) is 4.67. The smallest absolute Gasteiger partial charge is 0.113 e. The van der Waals surface area contributed by atoms with Gasteiger partial charge in [-0.25, -0.2) is 4.68 Å². The van der Waals surface area contributed by atoms with Gasteiger partial charge < -0.3 is 9.90 Å². The van der Waals surface area contributed by atoms with E-state index in [9.17, 15) is 9.90 Å². The standard InChI is InChI=1S/C10H11N3O2/c1-7(10(14)15)6-13-9-5-3-2-4-8(9)11-12-13/h2-5,7H,6H2,1H3,(H,14,15)/p-1. The molecular formula is C10H10N3O2-. The van der Waals surface area contributed by atoms with E-state index < -0.39 is 11.9 Å². The van der Waals surface area contributed by atoms with Crippen molar-refractivity contribution in [2.24, 2.45) is 5.92 Å². The molecule has 5 nitrogen and oxygen atoms in total. The van der Waals surface area contributed by atoms with Crippen molar-refractivity contribution >= 4 is 17.0 Å². The highest BCUT2D eigenvalue weighted by molar-refractivity contribution is 5.74. The van der Waals surface area contributed by atoms with Crippen LogP contribution in [0.3, 0.4) is 0 Å². The Morgan fingerprint density at radius 1 is 1.53 bits per heavy atom. The summed E-state index contributed by atoms with van der Waals surface area (Å²) in [6.07, 6.45) is 0. The molecule has 0 saturated heterocycles. The lowest BCUT2D eigenvalue weighted by atomic mass is 10.2. The molecule has 1 aromatic heterocycles. The maximum Gasteiger partial charge on any atom is 0.113 e. The molecule has 0 aliphatic rings. The topological polar surface area (TPSA) is 70.8 Å². The highest BCUT2D eigenvalue weighted by Crippen LogP contribution is 2.11. The second kappa shape index (κ2) is 3.68. The van der Waals surface area contributed by atoms with Crippen molar-refractivity contribution in [3.8, 4) is 0 Å². The zero-order valence-corrected chi connectivity index (χ0v) is 8.25. The molecule has 0 saturated carbocycles. The number of carboxylic acid groups (broad SMARTS) is 1. The number of hydrogen-bond acceptors (Lipinski definition) is 4. The van der Waals surface area contributed by atoms with E-state index in [2.05, 4.69) is 10.3 Å². The molecular weight excluding hydrogens is 194 g/mol. The van der Waals surface area contributed by atoms with E-state index in [0.29, 0.717) is 0 Å². The van der Waals surface area contributed by atoms with Gasteiger partial charge in [0.1, 0.15) is 5.52 Å². The first-order chi connectivity index (χ1) is 7.18. The van der Waals surface area contributed by atoms with Crippen molar-refractivity contribution in [1.29, 1.82) is 0 Å². The Kier molecular flexibility index (Phi) is 2.37. The van der Waals surface area contributed by atoms with E-state index in [0.717, 1.165) is 11.0 Å². The lowest BCUT2D eigenvalue weighted by molar-refractivity contribution is -0.311. The minimum atomic E-state index is -1.07. The number of nitrogens with zero attached hydrogens (tertiary/aromatic N) is 3. The fourth-order valence-electron chi connectivity index (χ4n) is 1.39. The molecule has 0 fully saturated rings. The molecule has 2 aromatic rings. The van der Waals surface area contributed by atoms with E-state index in [1.54, 1.807) is 11.6 Å². The Labute approximate surface area is 86.3 Å². The molecule has 1 atom stereocenters. The molecule has 1 unspecified atom stereocenters. The Hall–Kier alpha value is -1.91. The summed E-state index contributed by atoms with van der Waals surface area (Å²) >= 11 is 0. The summed E-state index contributed by atoms with van der Waals surface area (Å²) in [7, 11) is 0. The van der Waals surface area contributed by atoms with Gasteiger partial charge in [-0.1, -0.05) is 24.3 Å². The summed E-state index contributed by atoms with van der Waals surface area (Å²) in [6.45, 7) is 1.87. The van der Waals surface area contributed by atoms with Gasteiger partial charge in [-0.3, -0.25) is 0 Å². The lowest BCUT2D eigenvalue weighted by Crippen LogP contribution is -2.32. The summed E-state index contributed by atoms with van der Waals surface area (Å²) in [5.74, 6) is -1.65. The van der Waals surface area contributed by atoms with Crippen molar-refractivity contribution in [2.45, 2.75) is 13.5 Å². The molecule has 0 radical (unpaired) electrons. The number of rotatable bonds is 3. The highest BCUT2D eigenvalue weighted by Gasteiger charge is 2.08. The van der Waals surface area contributed by atoms with Gasteiger partial charge in [0.15, 0.2) is 0 Å². The van der Waals surface area contributed by atoms with Crippen molar-refractivity contribution in [3.05, 3.63) is 24.3 Å². The molecule has 0 spiro atoms. The Morgan fingerprint density at radius 3 is 3.00 bits per heavy atom. The average molecular weight is 204 g/mol. The van der Waals surface area contributed by atoms with Gasteiger partial charge in [-0.05, 0) is 12.1 Å². The molecule has 1 heterocycles. The average Bonchev–Trinajstić information content (AvgIpc) is 2.62. The second-order valence-corrected chi connectivity index (χ2v) is 3.48. The molecule has 0 N–H and O–H groups in total.